The Kier molecular flexibility index (Phi) is 25.8. The lowest BCUT2D eigenvalue weighted by Crippen LogP contribution is -2.17. The van der Waals surface area contributed by atoms with Gasteiger partial charge in [-0.1, -0.05) is 162 Å². The number of rotatable bonds is 15. The van der Waals surface area contributed by atoms with Gasteiger partial charge in [-0.25, -0.2) is 0 Å². The smallest absolute Gasteiger partial charge is 0.294 e. The van der Waals surface area contributed by atoms with E-state index in [1.807, 2.05) is 0 Å². The molecule has 0 aromatic rings. The largest absolute Gasteiger partial charge is 0.311 e. The fourth-order valence-electron chi connectivity index (χ4n) is 4.62. The Morgan fingerprint density at radius 3 is 1.12 bits per heavy atom. The predicted octanol–water partition coefficient (Wildman–Crippen LogP) is 10.4. The predicted molar refractivity (Wildman–Crippen MR) is 139 cm³/mol. The van der Waals surface area contributed by atoms with Crippen LogP contribution in [0.4, 0.5) is 0 Å². The molecule has 0 aromatic carbocycles. The van der Waals surface area contributed by atoms with Gasteiger partial charge < -0.3 is 4.84 Å². The second-order valence-corrected chi connectivity index (χ2v) is 9.95. The summed E-state index contributed by atoms with van der Waals surface area (Å²) >= 11 is 0. The maximum atomic E-state index is 10.3. The Morgan fingerprint density at radius 2 is 0.844 bits per heavy atom. The van der Waals surface area contributed by atoms with Crippen LogP contribution in [-0.4, -0.2) is 11.2 Å². The lowest BCUT2D eigenvalue weighted by molar-refractivity contribution is -0.769. The standard InChI is InChI=1S/C16H34.C12H23NO3/c1-3-5-7-9-11-13-15-16-14-12-10-8-6-4-2;14-13(15)16-12-10-8-6-4-2-1-3-5-7-9-11-12/h3-16H2,1-2H3;12H,1-11H2. The third-order valence-electron chi connectivity index (χ3n) is 6.74. The summed E-state index contributed by atoms with van der Waals surface area (Å²) in [5, 5.41) is 9.70. The Labute approximate surface area is 200 Å². The Morgan fingerprint density at radius 1 is 0.562 bits per heavy atom. The number of unbranched alkanes of at least 4 members (excludes halogenated alkanes) is 13. The first-order valence-electron chi connectivity index (χ1n) is 14.5. The average molecular weight is 456 g/mol. The van der Waals surface area contributed by atoms with Crippen molar-refractivity contribution < 1.29 is 9.92 Å². The zero-order chi connectivity index (χ0) is 23.5. The van der Waals surface area contributed by atoms with Crippen molar-refractivity contribution in [2.45, 2.75) is 180 Å². The second-order valence-electron chi connectivity index (χ2n) is 9.95. The highest BCUT2D eigenvalue weighted by atomic mass is 17.0. The molecule has 0 amide bonds. The minimum Gasteiger partial charge on any atom is -0.311 e. The van der Waals surface area contributed by atoms with Gasteiger partial charge in [-0.2, -0.15) is 0 Å². The molecule has 4 heteroatoms. The third kappa shape index (κ3) is 25.5. The van der Waals surface area contributed by atoms with Crippen molar-refractivity contribution in [3.63, 3.8) is 0 Å². The van der Waals surface area contributed by atoms with E-state index in [1.54, 1.807) is 0 Å². The van der Waals surface area contributed by atoms with Crippen LogP contribution in [0.2, 0.25) is 0 Å². The first kappa shape index (κ1) is 31.2. The van der Waals surface area contributed by atoms with Crippen molar-refractivity contribution in [2.75, 3.05) is 0 Å². The molecule has 0 saturated heterocycles. The normalized spacial score (nSPS) is 16.3. The molecular formula is C28H57NO3. The topological polar surface area (TPSA) is 52.4 Å². The average Bonchev–Trinajstić information content (AvgIpc) is 2.76. The lowest BCUT2D eigenvalue weighted by atomic mass is 9.99. The van der Waals surface area contributed by atoms with Crippen LogP contribution < -0.4 is 0 Å². The van der Waals surface area contributed by atoms with Crippen LogP contribution in [0, 0.1) is 10.1 Å². The summed E-state index contributed by atoms with van der Waals surface area (Å²) in [5.41, 5.74) is 0. The van der Waals surface area contributed by atoms with E-state index in [2.05, 4.69) is 13.8 Å². The Balaban J connectivity index is 0.000000601. The van der Waals surface area contributed by atoms with Gasteiger partial charge in [-0.05, 0) is 12.8 Å². The third-order valence-corrected chi connectivity index (χ3v) is 6.74. The SMILES string of the molecule is CCCCCCCCCCCCCCCC.O=[N+]([O-])OC1CCCCCCCCCCC1. The van der Waals surface area contributed by atoms with Gasteiger partial charge in [-0.15, -0.1) is 10.1 Å². The van der Waals surface area contributed by atoms with E-state index in [0.29, 0.717) is 0 Å². The summed E-state index contributed by atoms with van der Waals surface area (Å²) in [7, 11) is 0. The summed E-state index contributed by atoms with van der Waals surface area (Å²) in [6.07, 6.45) is 33.0. The number of hydrogen-bond donors (Lipinski definition) is 0. The lowest BCUT2D eigenvalue weighted by Gasteiger charge is -2.15. The van der Waals surface area contributed by atoms with Crippen LogP contribution in [0.1, 0.15) is 174 Å². The van der Waals surface area contributed by atoms with Crippen LogP contribution in [0.25, 0.3) is 0 Å². The van der Waals surface area contributed by atoms with Crippen LogP contribution in [0.5, 0.6) is 0 Å². The molecule has 1 aliphatic rings. The molecule has 0 aromatic heterocycles. The molecule has 0 N–H and O–H groups in total. The summed E-state index contributed by atoms with van der Waals surface area (Å²) in [4.78, 5) is 15.0. The van der Waals surface area contributed by atoms with Crippen molar-refractivity contribution in [1.82, 2.24) is 0 Å². The van der Waals surface area contributed by atoms with Crippen molar-refractivity contribution in [1.29, 1.82) is 0 Å². The molecule has 0 bridgehead atoms. The number of hydrogen-bond acceptors (Lipinski definition) is 3. The Hall–Kier alpha value is -0.800. The molecule has 0 atom stereocenters. The van der Waals surface area contributed by atoms with E-state index < -0.39 is 5.09 Å². The van der Waals surface area contributed by atoms with Crippen molar-refractivity contribution in [2.24, 2.45) is 0 Å². The van der Waals surface area contributed by atoms with E-state index >= 15 is 0 Å². The van der Waals surface area contributed by atoms with Gasteiger partial charge in [0.05, 0.1) is 0 Å². The van der Waals surface area contributed by atoms with Gasteiger partial charge in [0.25, 0.3) is 5.09 Å². The quantitative estimate of drug-likeness (QED) is 0.140. The zero-order valence-electron chi connectivity index (χ0n) is 21.9. The minimum atomic E-state index is -0.628. The molecular weight excluding hydrogens is 398 g/mol. The molecule has 0 spiro atoms. The first-order valence-corrected chi connectivity index (χ1v) is 14.5. The molecule has 1 rings (SSSR count). The van der Waals surface area contributed by atoms with E-state index in [0.717, 1.165) is 25.7 Å². The van der Waals surface area contributed by atoms with Crippen LogP contribution in [0.3, 0.4) is 0 Å². The second kappa shape index (κ2) is 26.5. The van der Waals surface area contributed by atoms with E-state index in [4.69, 9.17) is 4.84 Å². The molecule has 1 fully saturated rings. The number of nitrogens with zero attached hydrogens (tertiary/aromatic N) is 1. The molecule has 192 valence electrons. The highest BCUT2D eigenvalue weighted by molar-refractivity contribution is 4.60. The van der Waals surface area contributed by atoms with E-state index in [9.17, 15) is 10.1 Å². The maximum Gasteiger partial charge on any atom is 0.294 e. The monoisotopic (exact) mass is 455 g/mol. The van der Waals surface area contributed by atoms with Crippen LogP contribution in [0.15, 0.2) is 0 Å². The molecule has 0 aliphatic heterocycles. The van der Waals surface area contributed by atoms with Crippen molar-refractivity contribution >= 4 is 0 Å². The van der Waals surface area contributed by atoms with E-state index in [-0.39, 0.29) is 6.10 Å². The maximum absolute atomic E-state index is 10.3. The molecule has 0 unspecified atom stereocenters. The van der Waals surface area contributed by atoms with E-state index in [1.165, 1.54) is 135 Å². The fourth-order valence-corrected chi connectivity index (χ4v) is 4.62. The molecule has 0 radical (unpaired) electrons. The van der Waals surface area contributed by atoms with Crippen molar-refractivity contribution in [3.05, 3.63) is 10.1 Å². The highest BCUT2D eigenvalue weighted by Gasteiger charge is 2.13. The van der Waals surface area contributed by atoms with Crippen LogP contribution >= 0.6 is 0 Å². The summed E-state index contributed by atoms with van der Waals surface area (Å²) in [5.74, 6) is 0. The summed E-state index contributed by atoms with van der Waals surface area (Å²) < 4.78 is 0. The van der Waals surface area contributed by atoms with Gasteiger partial charge in [0.15, 0.2) is 0 Å². The summed E-state index contributed by atoms with van der Waals surface area (Å²) in [6, 6.07) is 0. The highest BCUT2D eigenvalue weighted by Crippen LogP contribution is 2.18. The Bertz CT molecular complexity index is 350. The minimum absolute atomic E-state index is 0.158. The van der Waals surface area contributed by atoms with Gasteiger partial charge in [0.2, 0.25) is 0 Å². The molecule has 1 saturated carbocycles. The summed E-state index contributed by atoms with van der Waals surface area (Å²) in [6.45, 7) is 4.58. The van der Waals surface area contributed by atoms with Gasteiger partial charge in [0, 0.05) is 0 Å². The van der Waals surface area contributed by atoms with Crippen molar-refractivity contribution in [3.8, 4) is 0 Å². The van der Waals surface area contributed by atoms with Gasteiger partial charge in [0.1, 0.15) is 6.10 Å². The van der Waals surface area contributed by atoms with Crippen LogP contribution in [-0.2, 0) is 4.84 Å². The molecule has 4 nitrogen and oxygen atoms in total. The molecule has 32 heavy (non-hydrogen) atoms. The van der Waals surface area contributed by atoms with Gasteiger partial charge in [-0.3, -0.25) is 0 Å². The molecule has 1 aliphatic carbocycles. The first-order chi connectivity index (χ1) is 15.7. The molecule has 0 heterocycles. The zero-order valence-corrected chi connectivity index (χ0v) is 21.9. The fraction of sp³-hybridized carbons (Fsp3) is 1.00. The van der Waals surface area contributed by atoms with Gasteiger partial charge >= 0.3 is 0 Å².